The molecule has 0 aromatic heterocycles. The zero-order valence-electron chi connectivity index (χ0n) is 55.8. The summed E-state index contributed by atoms with van der Waals surface area (Å²) in [6, 6.07) is 0. The van der Waals surface area contributed by atoms with Gasteiger partial charge in [-0.05, 0) is 63.2 Å². The van der Waals surface area contributed by atoms with Crippen LogP contribution in [0.4, 0.5) is 0 Å². The van der Waals surface area contributed by atoms with Crippen molar-refractivity contribution in [2.45, 2.75) is 336 Å². The first-order chi connectivity index (χ1) is 41.9. The van der Waals surface area contributed by atoms with Crippen LogP contribution in [-0.2, 0) is 65.4 Å². The lowest BCUT2D eigenvalue weighted by molar-refractivity contribution is -0.161. The fourth-order valence-electron chi connectivity index (χ4n) is 9.70. The van der Waals surface area contributed by atoms with Crippen molar-refractivity contribution in [1.29, 1.82) is 0 Å². The predicted molar refractivity (Wildman–Crippen MR) is 349 cm³/mol. The number of ether oxygens (including phenoxy) is 4. The largest absolute Gasteiger partial charge is 0.472 e. The van der Waals surface area contributed by atoms with Crippen LogP contribution in [0.2, 0.25) is 0 Å². The predicted octanol–water partition coefficient (Wildman–Crippen LogP) is 18.8. The van der Waals surface area contributed by atoms with Crippen molar-refractivity contribution in [2.24, 2.45) is 11.8 Å². The number of aliphatic hydroxyl groups is 1. The van der Waals surface area contributed by atoms with Crippen LogP contribution in [-0.4, -0.2) is 96.7 Å². The van der Waals surface area contributed by atoms with E-state index in [1.807, 2.05) is 0 Å². The summed E-state index contributed by atoms with van der Waals surface area (Å²) in [6.45, 7) is 9.36. The van der Waals surface area contributed by atoms with E-state index in [1.165, 1.54) is 109 Å². The lowest BCUT2D eigenvalue weighted by Crippen LogP contribution is -2.30. The molecule has 0 aliphatic heterocycles. The van der Waals surface area contributed by atoms with E-state index in [-0.39, 0.29) is 25.7 Å². The third-order valence-electron chi connectivity index (χ3n) is 15.1. The average Bonchev–Trinajstić information content (AvgIpc) is 3.70. The second kappa shape index (κ2) is 59.8. The highest BCUT2D eigenvalue weighted by atomic mass is 31.2. The van der Waals surface area contributed by atoms with E-state index >= 15 is 0 Å². The van der Waals surface area contributed by atoms with Crippen molar-refractivity contribution in [3.63, 3.8) is 0 Å². The van der Waals surface area contributed by atoms with Gasteiger partial charge in [-0.25, -0.2) is 9.13 Å². The minimum absolute atomic E-state index is 0.0847. The molecule has 0 amide bonds. The number of carbonyl (C=O) groups excluding carboxylic acids is 4. The zero-order valence-corrected chi connectivity index (χ0v) is 57.6. The Morgan fingerprint density at radius 3 is 0.943 bits per heavy atom. The molecular formula is C68H128O17P2. The molecule has 0 heterocycles. The normalized spacial score (nSPS) is 14.4. The van der Waals surface area contributed by atoms with E-state index in [2.05, 4.69) is 65.8 Å². The molecule has 0 saturated heterocycles. The molecule has 3 N–H and O–H groups in total. The third kappa shape index (κ3) is 62.1. The summed E-state index contributed by atoms with van der Waals surface area (Å²) >= 11 is 0. The van der Waals surface area contributed by atoms with Gasteiger partial charge in [-0.2, -0.15) is 0 Å². The van der Waals surface area contributed by atoms with E-state index in [0.29, 0.717) is 31.6 Å². The fraction of sp³-hybridized carbons (Fsp3) is 0.882. The third-order valence-corrected chi connectivity index (χ3v) is 17.0. The smallest absolute Gasteiger partial charge is 0.462 e. The van der Waals surface area contributed by atoms with Gasteiger partial charge in [0, 0.05) is 25.7 Å². The van der Waals surface area contributed by atoms with Crippen molar-refractivity contribution < 1.29 is 80.2 Å². The SMILES string of the molecule is CCCCCC/C=C\C=C/CCCCCCCC(=O)O[C@H](COC(=O)CCCCCCCCCCCCCCC(C)C)COP(=O)(O)OC[C@@H](O)COP(=O)(O)OC[C@@H](COC(=O)CCCCCCCCC)OC(=O)CCCCCCCCCC(C)C. The first-order valence-corrected chi connectivity index (χ1v) is 37.8. The molecule has 0 rings (SSSR count). The Labute approximate surface area is 529 Å². The second-order valence-electron chi connectivity index (χ2n) is 24.8. The summed E-state index contributed by atoms with van der Waals surface area (Å²) in [5.41, 5.74) is 0. The highest BCUT2D eigenvalue weighted by Gasteiger charge is 2.30. The molecule has 0 aliphatic rings. The molecule has 87 heavy (non-hydrogen) atoms. The molecule has 19 heteroatoms. The van der Waals surface area contributed by atoms with Gasteiger partial charge in [0.15, 0.2) is 12.2 Å². The topological polar surface area (TPSA) is 237 Å². The van der Waals surface area contributed by atoms with Crippen LogP contribution in [0.5, 0.6) is 0 Å². The van der Waals surface area contributed by atoms with E-state index < -0.39 is 97.5 Å². The minimum atomic E-state index is -4.96. The molecule has 0 aromatic carbocycles. The van der Waals surface area contributed by atoms with Gasteiger partial charge in [0.2, 0.25) is 0 Å². The van der Waals surface area contributed by atoms with Crippen molar-refractivity contribution in [3.8, 4) is 0 Å². The van der Waals surface area contributed by atoms with Gasteiger partial charge >= 0.3 is 39.5 Å². The van der Waals surface area contributed by atoms with Crippen LogP contribution in [0.3, 0.4) is 0 Å². The number of carbonyl (C=O) groups is 4. The van der Waals surface area contributed by atoms with Crippen LogP contribution in [0.1, 0.15) is 318 Å². The van der Waals surface area contributed by atoms with Crippen LogP contribution < -0.4 is 0 Å². The maximum atomic E-state index is 13.0. The van der Waals surface area contributed by atoms with Gasteiger partial charge in [0.25, 0.3) is 0 Å². The number of phosphoric ester groups is 2. The number of rotatable bonds is 65. The van der Waals surface area contributed by atoms with E-state index in [1.54, 1.807) is 0 Å². The molecule has 5 atom stereocenters. The van der Waals surface area contributed by atoms with Gasteiger partial charge in [0.1, 0.15) is 19.3 Å². The van der Waals surface area contributed by atoms with Crippen LogP contribution in [0, 0.1) is 11.8 Å². The first-order valence-electron chi connectivity index (χ1n) is 34.8. The van der Waals surface area contributed by atoms with Crippen LogP contribution >= 0.6 is 15.6 Å². The van der Waals surface area contributed by atoms with E-state index in [4.69, 9.17) is 37.0 Å². The summed E-state index contributed by atoms with van der Waals surface area (Å²) in [5.74, 6) is -0.691. The summed E-state index contributed by atoms with van der Waals surface area (Å²) < 4.78 is 68.0. The molecule has 0 radical (unpaired) electrons. The first kappa shape index (κ1) is 84.5. The van der Waals surface area contributed by atoms with Crippen LogP contribution in [0.15, 0.2) is 24.3 Å². The van der Waals surface area contributed by atoms with Crippen molar-refractivity contribution >= 4 is 39.5 Å². The summed E-state index contributed by atoms with van der Waals surface area (Å²) in [7, 11) is -9.90. The Hall–Kier alpha value is -2.46. The van der Waals surface area contributed by atoms with Crippen molar-refractivity contribution in [3.05, 3.63) is 24.3 Å². The molecule has 0 aliphatic carbocycles. The molecule has 0 bridgehead atoms. The molecule has 0 saturated carbocycles. The number of aliphatic hydroxyl groups excluding tert-OH is 1. The minimum Gasteiger partial charge on any atom is -0.462 e. The quantitative estimate of drug-likeness (QED) is 0.0169. The number of phosphoric acid groups is 2. The lowest BCUT2D eigenvalue weighted by atomic mass is 10.0. The molecule has 0 aromatic rings. The van der Waals surface area contributed by atoms with Gasteiger partial charge in [-0.1, -0.05) is 265 Å². The summed E-state index contributed by atoms with van der Waals surface area (Å²) in [4.78, 5) is 72.3. The van der Waals surface area contributed by atoms with Crippen molar-refractivity contribution in [2.75, 3.05) is 39.6 Å². The Kier molecular flexibility index (Phi) is 58.1. The molecule has 2 unspecified atom stereocenters. The molecule has 0 fully saturated rings. The van der Waals surface area contributed by atoms with Crippen LogP contribution in [0.25, 0.3) is 0 Å². The van der Waals surface area contributed by atoms with E-state index in [0.717, 1.165) is 121 Å². The number of unbranched alkanes of at least 4 members (excludes halogenated alkanes) is 32. The standard InChI is InChI=1S/C68H128O17P2/c1-7-9-11-13-15-16-17-18-19-20-25-28-34-40-46-52-67(72)84-64(57-79-66(71)51-45-39-33-27-24-22-21-23-26-31-36-42-48-60(3)4)59-83-87(76,77)81-55-62(69)54-80-86(74,75)82-58-63(56-78-65(70)50-44-38-30-14-12-10-8-2)85-68(73)53-47-41-35-29-32-37-43-49-61(5)6/h16-19,60-64,69H,7-15,20-59H2,1-6H3,(H,74,75)(H,76,77)/b17-16-,19-18-/t62-,63+,64+/m0/s1. The zero-order chi connectivity index (χ0) is 64.3. The average molecular weight is 1280 g/mol. The monoisotopic (exact) mass is 1280 g/mol. The lowest BCUT2D eigenvalue weighted by Gasteiger charge is -2.21. The second-order valence-corrected chi connectivity index (χ2v) is 27.7. The fourth-order valence-corrected chi connectivity index (χ4v) is 11.3. The molecule has 17 nitrogen and oxygen atoms in total. The van der Waals surface area contributed by atoms with Crippen molar-refractivity contribution in [1.82, 2.24) is 0 Å². The summed E-state index contributed by atoms with van der Waals surface area (Å²) in [5, 5.41) is 10.5. The van der Waals surface area contributed by atoms with E-state index in [9.17, 15) is 43.2 Å². The maximum absolute atomic E-state index is 13.0. The highest BCUT2D eigenvalue weighted by Crippen LogP contribution is 2.45. The van der Waals surface area contributed by atoms with Gasteiger partial charge < -0.3 is 33.8 Å². The maximum Gasteiger partial charge on any atom is 0.472 e. The molecular weight excluding hydrogens is 1150 g/mol. The number of esters is 4. The van der Waals surface area contributed by atoms with Gasteiger partial charge in [-0.15, -0.1) is 0 Å². The Balaban J connectivity index is 5.25. The number of hydrogen-bond acceptors (Lipinski definition) is 15. The van der Waals surface area contributed by atoms with Gasteiger partial charge in [0.05, 0.1) is 26.4 Å². The Bertz CT molecular complexity index is 1790. The molecule has 512 valence electrons. The Morgan fingerprint density at radius 2 is 0.621 bits per heavy atom. The number of allylic oxidation sites excluding steroid dienone is 4. The van der Waals surface area contributed by atoms with Gasteiger partial charge in [-0.3, -0.25) is 37.3 Å². The highest BCUT2D eigenvalue weighted by molar-refractivity contribution is 7.47. The number of hydrogen-bond donors (Lipinski definition) is 3. The molecule has 0 spiro atoms. The summed E-state index contributed by atoms with van der Waals surface area (Å²) in [6.07, 6.45) is 46.9. The Morgan fingerprint density at radius 1 is 0.356 bits per heavy atom.